The fourth-order valence-electron chi connectivity index (χ4n) is 1.04. The van der Waals surface area contributed by atoms with Crippen LogP contribution in [0.1, 0.15) is 11.1 Å². The molecule has 0 saturated heterocycles. The van der Waals surface area contributed by atoms with Gasteiger partial charge >= 0.3 is 6.18 Å². The van der Waals surface area contributed by atoms with Crippen LogP contribution in [0.15, 0.2) is 28.4 Å². The number of guanidine groups is 1. The lowest BCUT2D eigenvalue weighted by Gasteiger charge is -2.09. The Labute approximate surface area is 93.6 Å². The zero-order chi connectivity index (χ0) is 13.1. The maximum Gasteiger partial charge on any atom is 0.417 e. The van der Waals surface area contributed by atoms with Gasteiger partial charge in [0.05, 0.1) is 11.8 Å². The van der Waals surface area contributed by atoms with Crippen molar-refractivity contribution in [3.05, 3.63) is 35.1 Å². The molecule has 4 nitrogen and oxygen atoms in total. The van der Waals surface area contributed by atoms with Crippen LogP contribution in [0.4, 0.5) is 17.6 Å². The molecule has 0 radical (unpaired) electrons. The molecule has 0 aliphatic rings. The molecule has 0 aliphatic heterocycles. The lowest BCUT2D eigenvalue weighted by atomic mass is 10.1. The summed E-state index contributed by atoms with van der Waals surface area (Å²) < 4.78 is 50.2. The summed E-state index contributed by atoms with van der Waals surface area (Å²) in [7, 11) is 0. The van der Waals surface area contributed by atoms with Crippen LogP contribution >= 0.6 is 0 Å². The van der Waals surface area contributed by atoms with Crippen molar-refractivity contribution in [2.75, 3.05) is 0 Å². The minimum atomic E-state index is -4.68. The molecular weight excluding hydrogens is 240 g/mol. The van der Waals surface area contributed by atoms with Gasteiger partial charge in [-0.15, -0.1) is 5.10 Å². The zero-order valence-corrected chi connectivity index (χ0v) is 8.37. The molecule has 4 N–H and O–H groups in total. The van der Waals surface area contributed by atoms with Crippen molar-refractivity contribution in [2.24, 2.45) is 21.7 Å². The summed E-state index contributed by atoms with van der Waals surface area (Å²) in [6, 6.07) is 2.19. The molecule has 1 aromatic rings. The van der Waals surface area contributed by atoms with Crippen molar-refractivity contribution in [2.45, 2.75) is 6.18 Å². The molecule has 0 atom stereocenters. The van der Waals surface area contributed by atoms with Crippen LogP contribution in [0.3, 0.4) is 0 Å². The van der Waals surface area contributed by atoms with E-state index in [2.05, 4.69) is 10.2 Å². The SMILES string of the molecule is NC(N)=N/N=C/c1ccc(F)cc1C(F)(F)F. The third-order valence-corrected chi connectivity index (χ3v) is 1.69. The molecule has 0 unspecified atom stereocenters. The molecule has 8 heteroatoms. The molecule has 0 fully saturated rings. The lowest BCUT2D eigenvalue weighted by molar-refractivity contribution is -0.137. The van der Waals surface area contributed by atoms with Gasteiger partial charge in [-0.25, -0.2) is 4.39 Å². The van der Waals surface area contributed by atoms with E-state index in [0.717, 1.165) is 18.3 Å². The average molecular weight is 248 g/mol. The highest BCUT2D eigenvalue weighted by molar-refractivity contribution is 5.83. The minimum Gasteiger partial charge on any atom is -0.369 e. The Balaban J connectivity index is 3.16. The van der Waals surface area contributed by atoms with Crippen LogP contribution in [0.2, 0.25) is 0 Å². The smallest absolute Gasteiger partial charge is 0.369 e. The van der Waals surface area contributed by atoms with Gasteiger partial charge in [0.25, 0.3) is 0 Å². The quantitative estimate of drug-likeness (QED) is 0.359. The number of alkyl halides is 3. The molecule has 1 rings (SSSR count). The van der Waals surface area contributed by atoms with Crippen molar-refractivity contribution in [3.8, 4) is 0 Å². The fraction of sp³-hybridized carbons (Fsp3) is 0.111. The first kappa shape index (κ1) is 12.9. The van der Waals surface area contributed by atoms with Crippen molar-refractivity contribution < 1.29 is 17.6 Å². The van der Waals surface area contributed by atoms with Crippen LogP contribution < -0.4 is 11.5 Å². The highest BCUT2D eigenvalue weighted by Gasteiger charge is 2.33. The van der Waals surface area contributed by atoms with E-state index in [0.29, 0.717) is 6.07 Å². The first-order chi connectivity index (χ1) is 7.80. The van der Waals surface area contributed by atoms with Gasteiger partial charge in [0.15, 0.2) is 0 Å². The summed E-state index contributed by atoms with van der Waals surface area (Å²) in [5.41, 5.74) is 8.40. The largest absolute Gasteiger partial charge is 0.417 e. The van der Waals surface area contributed by atoms with Gasteiger partial charge in [0.1, 0.15) is 5.82 Å². The molecule has 0 aliphatic carbocycles. The highest BCUT2D eigenvalue weighted by Crippen LogP contribution is 2.31. The number of nitrogens with zero attached hydrogens (tertiary/aromatic N) is 2. The Kier molecular flexibility index (Phi) is 3.66. The minimum absolute atomic E-state index is 0.330. The highest BCUT2D eigenvalue weighted by atomic mass is 19.4. The molecule has 0 amide bonds. The number of halogens is 4. The van der Waals surface area contributed by atoms with Gasteiger partial charge in [0, 0.05) is 5.56 Å². The second kappa shape index (κ2) is 4.81. The average Bonchev–Trinajstić information content (AvgIpc) is 2.18. The van der Waals surface area contributed by atoms with E-state index >= 15 is 0 Å². The third kappa shape index (κ3) is 3.74. The Morgan fingerprint density at radius 1 is 1.24 bits per heavy atom. The Hall–Kier alpha value is -2.12. The number of hydrogen-bond acceptors (Lipinski definition) is 2. The van der Waals surface area contributed by atoms with Gasteiger partial charge < -0.3 is 11.5 Å². The number of hydrogen-bond donors (Lipinski definition) is 2. The second-order valence-corrected chi connectivity index (χ2v) is 3.00. The summed E-state index contributed by atoms with van der Waals surface area (Å²) in [5.74, 6) is -1.38. The molecule has 0 spiro atoms. The molecule has 92 valence electrons. The molecule has 0 bridgehead atoms. The van der Waals surface area contributed by atoms with E-state index in [1.165, 1.54) is 0 Å². The third-order valence-electron chi connectivity index (χ3n) is 1.69. The summed E-state index contributed by atoms with van der Waals surface area (Å²) in [4.78, 5) is 0. The van der Waals surface area contributed by atoms with Gasteiger partial charge in [-0.3, -0.25) is 0 Å². The summed E-state index contributed by atoms with van der Waals surface area (Å²) >= 11 is 0. The molecule has 0 saturated carbocycles. The maximum atomic E-state index is 12.7. The normalized spacial score (nSPS) is 11.8. The van der Waals surface area contributed by atoms with Crippen LogP contribution in [0.5, 0.6) is 0 Å². The first-order valence-corrected chi connectivity index (χ1v) is 4.29. The molecule has 0 aromatic heterocycles. The summed E-state index contributed by atoms with van der Waals surface area (Å²) in [6.45, 7) is 0. The van der Waals surface area contributed by atoms with E-state index in [4.69, 9.17) is 11.5 Å². The Morgan fingerprint density at radius 2 is 1.88 bits per heavy atom. The monoisotopic (exact) mass is 248 g/mol. The van der Waals surface area contributed by atoms with Gasteiger partial charge in [0.2, 0.25) is 5.96 Å². The summed E-state index contributed by atoms with van der Waals surface area (Å²) in [5, 5.41) is 6.38. The van der Waals surface area contributed by atoms with Crippen molar-refractivity contribution in [1.29, 1.82) is 0 Å². The predicted octanol–water partition coefficient (Wildman–Crippen LogP) is 1.45. The van der Waals surface area contributed by atoms with Crippen LogP contribution in [0.25, 0.3) is 0 Å². The molecule has 17 heavy (non-hydrogen) atoms. The van der Waals surface area contributed by atoms with Crippen molar-refractivity contribution in [3.63, 3.8) is 0 Å². The maximum absolute atomic E-state index is 12.7. The lowest BCUT2D eigenvalue weighted by Crippen LogP contribution is -2.21. The Morgan fingerprint density at radius 3 is 2.41 bits per heavy atom. The first-order valence-electron chi connectivity index (χ1n) is 4.29. The molecule has 1 aromatic carbocycles. The predicted molar refractivity (Wildman–Crippen MR) is 54.8 cm³/mol. The van der Waals surface area contributed by atoms with Crippen molar-refractivity contribution in [1.82, 2.24) is 0 Å². The molecular formula is C9H8F4N4. The van der Waals surface area contributed by atoms with E-state index < -0.39 is 23.5 Å². The Bertz CT molecular complexity index is 461. The van der Waals surface area contributed by atoms with Crippen LogP contribution in [0, 0.1) is 5.82 Å². The topological polar surface area (TPSA) is 76.8 Å². The number of rotatable bonds is 2. The number of benzene rings is 1. The van der Waals surface area contributed by atoms with E-state index in [9.17, 15) is 17.6 Å². The van der Waals surface area contributed by atoms with Gasteiger partial charge in [-0.1, -0.05) is 0 Å². The van der Waals surface area contributed by atoms with Crippen LogP contribution in [-0.2, 0) is 6.18 Å². The van der Waals surface area contributed by atoms with Crippen molar-refractivity contribution >= 4 is 12.2 Å². The van der Waals surface area contributed by atoms with Gasteiger partial charge in [-0.05, 0) is 18.2 Å². The second-order valence-electron chi connectivity index (χ2n) is 3.00. The van der Waals surface area contributed by atoms with Crippen LogP contribution in [-0.4, -0.2) is 12.2 Å². The zero-order valence-electron chi connectivity index (χ0n) is 8.37. The molecule has 0 heterocycles. The summed E-state index contributed by atoms with van der Waals surface area (Å²) in [6.07, 6.45) is -3.89. The van der Waals surface area contributed by atoms with E-state index in [1.54, 1.807) is 0 Å². The number of nitrogens with two attached hydrogens (primary N) is 2. The standard InChI is InChI=1S/C9H8F4N4/c10-6-2-1-5(4-16-17-8(14)15)7(3-6)9(11,12)13/h1-4H,(H4,14,15,17)/b16-4+. The van der Waals surface area contributed by atoms with Gasteiger partial charge in [-0.2, -0.15) is 18.3 Å². The van der Waals surface area contributed by atoms with E-state index in [1.807, 2.05) is 0 Å². The fourth-order valence-corrected chi connectivity index (χ4v) is 1.04. The van der Waals surface area contributed by atoms with E-state index in [-0.39, 0.29) is 5.56 Å².